The van der Waals surface area contributed by atoms with Gasteiger partial charge in [0.2, 0.25) is 0 Å². The minimum Gasteiger partial charge on any atom is -0.378 e. The molecule has 1 fully saturated rings. The van der Waals surface area contributed by atoms with E-state index in [0.717, 1.165) is 11.6 Å². The number of anilines is 1. The Kier molecular flexibility index (Phi) is 6.97. The minimum atomic E-state index is -4.18. The predicted molar refractivity (Wildman–Crippen MR) is 104 cm³/mol. The number of alkyl halides is 3. The summed E-state index contributed by atoms with van der Waals surface area (Å²) in [6.07, 6.45) is -4.18. The lowest BCUT2D eigenvalue weighted by molar-refractivity contribution is -0.181. The van der Waals surface area contributed by atoms with Crippen LogP contribution in [0.25, 0.3) is 0 Å². The van der Waals surface area contributed by atoms with E-state index in [0.29, 0.717) is 32.7 Å². The van der Waals surface area contributed by atoms with Gasteiger partial charge in [0.15, 0.2) is 5.96 Å². The topological polar surface area (TPSA) is 34.1 Å². The molecule has 0 radical (unpaired) electrons. The molecule has 1 aliphatic heterocycles. The summed E-state index contributed by atoms with van der Waals surface area (Å²) in [6.45, 7) is 5.73. The zero-order valence-electron chi connectivity index (χ0n) is 16.8. The van der Waals surface area contributed by atoms with Crippen LogP contribution in [0.15, 0.2) is 23.2 Å². The number of aryl methyl sites for hydroxylation is 1. The van der Waals surface area contributed by atoms with Crippen LogP contribution in [0.4, 0.5) is 18.9 Å². The molecule has 0 bridgehead atoms. The summed E-state index contributed by atoms with van der Waals surface area (Å²) in [6, 6.07) is 4.89. The monoisotopic (exact) mass is 385 g/mol. The third-order valence-corrected chi connectivity index (χ3v) is 5.13. The van der Waals surface area contributed by atoms with Crippen molar-refractivity contribution in [1.29, 1.82) is 0 Å². The lowest BCUT2D eigenvalue weighted by atomic mass is 10.1. The molecule has 0 spiro atoms. The van der Waals surface area contributed by atoms with Crippen LogP contribution in [-0.2, 0) is 6.54 Å². The maximum Gasteiger partial charge on any atom is 0.403 e. The minimum absolute atomic E-state index is 0.373. The smallest absolute Gasteiger partial charge is 0.378 e. The Bertz CT molecular complexity index is 649. The normalized spacial score (nSPS) is 17.8. The van der Waals surface area contributed by atoms with Crippen LogP contribution >= 0.6 is 0 Å². The van der Waals surface area contributed by atoms with E-state index in [1.807, 2.05) is 19.0 Å². The molecular weight excluding hydrogens is 355 g/mol. The van der Waals surface area contributed by atoms with Gasteiger partial charge < -0.3 is 15.1 Å². The first-order valence-electron chi connectivity index (χ1n) is 9.16. The lowest BCUT2D eigenvalue weighted by Gasteiger charge is -2.39. The summed E-state index contributed by atoms with van der Waals surface area (Å²) in [5, 5.41) is 3.34. The largest absolute Gasteiger partial charge is 0.403 e. The molecular formula is C19H30F3N5. The van der Waals surface area contributed by atoms with Crippen LogP contribution in [0.1, 0.15) is 18.1 Å². The molecule has 1 N–H and O–H groups in total. The van der Waals surface area contributed by atoms with Gasteiger partial charge in [0.05, 0.1) is 0 Å². The molecule has 0 aliphatic carbocycles. The van der Waals surface area contributed by atoms with Crippen LogP contribution in [0, 0.1) is 6.92 Å². The Morgan fingerprint density at radius 3 is 2.33 bits per heavy atom. The van der Waals surface area contributed by atoms with E-state index in [-0.39, 0.29) is 0 Å². The van der Waals surface area contributed by atoms with E-state index in [1.165, 1.54) is 23.0 Å². The molecule has 1 aromatic carbocycles. The highest BCUT2D eigenvalue weighted by atomic mass is 19.4. The zero-order valence-corrected chi connectivity index (χ0v) is 16.8. The fraction of sp³-hybridized carbons (Fsp3) is 0.632. The van der Waals surface area contributed by atoms with Crippen molar-refractivity contribution in [3.8, 4) is 0 Å². The molecule has 1 aliphatic rings. The van der Waals surface area contributed by atoms with Crippen LogP contribution < -0.4 is 10.2 Å². The van der Waals surface area contributed by atoms with Crippen molar-refractivity contribution in [3.63, 3.8) is 0 Å². The number of hydrogen-bond acceptors (Lipinski definition) is 3. The molecule has 27 heavy (non-hydrogen) atoms. The quantitative estimate of drug-likeness (QED) is 0.638. The van der Waals surface area contributed by atoms with Crippen LogP contribution in [0.2, 0.25) is 0 Å². The highest BCUT2D eigenvalue weighted by molar-refractivity contribution is 5.80. The number of halogens is 3. The van der Waals surface area contributed by atoms with Crippen LogP contribution in [-0.4, -0.2) is 75.3 Å². The zero-order chi connectivity index (χ0) is 20.2. The molecule has 1 atom stereocenters. The summed E-state index contributed by atoms with van der Waals surface area (Å²) in [5.74, 6) is 0.727. The summed E-state index contributed by atoms with van der Waals surface area (Å²) in [4.78, 5) is 9.86. The first-order valence-corrected chi connectivity index (χ1v) is 9.16. The van der Waals surface area contributed by atoms with Crippen molar-refractivity contribution in [2.45, 2.75) is 32.6 Å². The van der Waals surface area contributed by atoms with Crippen molar-refractivity contribution in [3.05, 3.63) is 29.3 Å². The SMILES string of the molecule is CN=C(NCc1ccc(N(C)C)cc1C)N1CCN(C(C)C(F)(F)F)CC1. The molecule has 0 aromatic heterocycles. The van der Waals surface area contributed by atoms with Gasteiger partial charge in [-0.1, -0.05) is 6.07 Å². The molecule has 152 valence electrons. The standard InChI is InChI=1S/C19H30F3N5/c1-14-12-17(25(4)5)7-6-16(14)13-24-18(23-3)27-10-8-26(9-11-27)15(2)19(20,21)22/h6-7,12,15H,8-11,13H2,1-5H3,(H,23,24). The summed E-state index contributed by atoms with van der Waals surface area (Å²) in [5.41, 5.74) is 3.51. The van der Waals surface area contributed by atoms with Gasteiger partial charge in [0, 0.05) is 59.6 Å². The van der Waals surface area contributed by atoms with Crippen molar-refractivity contribution in [2.75, 3.05) is 52.2 Å². The third-order valence-electron chi connectivity index (χ3n) is 5.13. The molecule has 1 saturated heterocycles. The number of rotatable bonds is 4. The summed E-state index contributed by atoms with van der Waals surface area (Å²) >= 11 is 0. The molecule has 5 nitrogen and oxygen atoms in total. The van der Waals surface area contributed by atoms with Gasteiger partial charge in [-0.05, 0) is 37.1 Å². The molecule has 0 saturated carbocycles. The highest BCUT2D eigenvalue weighted by Crippen LogP contribution is 2.25. The number of guanidine groups is 1. The molecule has 0 amide bonds. The first-order chi connectivity index (χ1) is 12.6. The average Bonchev–Trinajstić information content (AvgIpc) is 2.62. The second-order valence-corrected chi connectivity index (χ2v) is 7.15. The number of aliphatic imine (C=N–C) groups is 1. The van der Waals surface area contributed by atoms with Crippen LogP contribution in [0.5, 0.6) is 0 Å². The molecule has 1 unspecified atom stereocenters. The number of hydrogen-bond donors (Lipinski definition) is 1. The van der Waals surface area contributed by atoms with Gasteiger partial charge in [0.1, 0.15) is 6.04 Å². The summed E-state index contributed by atoms with van der Waals surface area (Å²) < 4.78 is 38.7. The van der Waals surface area contributed by atoms with Gasteiger partial charge in [0.25, 0.3) is 0 Å². The van der Waals surface area contributed by atoms with E-state index >= 15 is 0 Å². The van der Waals surface area contributed by atoms with E-state index in [2.05, 4.69) is 40.3 Å². The third kappa shape index (κ3) is 5.51. The van der Waals surface area contributed by atoms with Crippen molar-refractivity contribution in [1.82, 2.24) is 15.1 Å². The number of nitrogens with zero attached hydrogens (tertiary/aromatic N) is 4. The number of nitrogens with one attached hydrogen (secondary N) is 1. The molecule has 8 heteroatoms. The van der Waals surface area contributed by atoms with Gasteiger partial charge in [-0.25, -0.2) is 0 Å². The number of piperazine rings is 1. The molecule has 1 heterocycles. The Labute approximate surface area is 159 Å². The van der Waals surface area contributed by atoms with Gasteiger partial charge in [-0.2, -0.15) is 13.2 Å². The van der Waals surface area contributed by atoms with Gasteiger partial charge in [-0.3, -0.25) is 9.89 Å². The summed E-state index contributed by atoms with van der Waals surface area (Å²) in [7, 11) is 5.72. The maximum atomic E-state index is 12.9. The van der Waals surface area contributed by atoms with Gasteiger partial charge >= 0.3 is 6.18 Å². The van der Waals surface area contributed by atoms with Crippen molar-refractivity contribution >= 4 is 11.6 Å². The van der Waals surface area contributed by atoms with E-state index in [1.54, 1.807) is 7.05 Å². The second kappa shape index (κ2) is 8.82. The average molecular weight is 385 g/mol. The Morgan fingerprint density at radius 2 is 1.85 bits per heavy atom. The van der Waals surface area contributed by atoms with E-state index < -0.39 is 12.2 Å². The Hall–Kier alpha value is -1.96. The number of benzene rings is 1. The van der Waals surface area contributed by atoms with E-state index in [4.69, 9.17) is 0 Å². The van der Waals surface area contributed by atoms with E-state index in [9.17, 15) is 13.2 Å². The van der Waals surface area contributed by atoms with Crippen molar-refractivity contribution in [2.24, 2.45) is 4.99 Å². The lowest BCUT2D eigenvalue weighted by Crippen LogP contribution is -2.56. The molecule has 2 rings (SSSR count). The fourth-order valence-corrected chi connectivity index (χ4v) is 3.19. The van der Waals surface area contributed by atoms with Crippen LogP contribution in [0.3, 0.4) is 0 Å². The predicted octanol–water partition coefficient (Wildman–Crippen LogP) is 2.70. The maximum absolute atomic E-state index is 12.9. The van der Waals surface area contributed by atoms with Crippen molar-refractivity contribution < 1.29 is 13.2 Å². The molecule has 1 aromatic rings. The fourth-order valence-electron chi connectivity index (χ4n) is 3.19. The first kappa shape index (κ1) is 21.3. The highest BCUT2D eigenvalue weighted by Gasteiger charge is 2.41. The Balaban J connectivity index is 1.92. The van der Waals surface area contributed by atoms with Gasteiger partial charge in [-0.15, -0.1) is 0 Å². The second-order valence-electron chi connectivity index (χ2n) is 7.15. The Morgan fingerprint density at radius 1 is 1.22 bits per heavy atom.